The second-order valence-electron chi connectivity index (χ2n) is 4.73. The summed E-state index contributed by atoms with van der Waals surface area (Å²) < 4.78 is 0. The molecule has 2 N–H and O–H groups in total. The van der Waals surface area contributed by atoms with Gasteiger partial charge in [-0.15, -0.1) is 0 Å². The van der Waals surface area contributed by atoms with E-state index in [0.717, 1.165) is 36.2 Å². The zero-order valence-electron chi connectivity index (χ0n) is 12.8. The normalized spacial score (nSPS) is 15.7. The van der Waals surface area contributed by atoms with Crippen LogP contribution in [0.2, 0.25) is 0 Å². The van der Waals surface area contributed by atoms with E-state index in [2.05, 4.69) is 41.5 Å². The molecule has 0 heterocycles. The Balaban J connectivity index is 5.69. The average molecular weight is 334 g/mol. The van der Waals surface area contributed by atoms with Gasteiger partial charge in [-0.2, -0.15) is 0 Å². The van der Waals surface area contributed by atoms with E-state index in [-0.39, 0.29) is 10.1 Å². The third-order valence-electron chi connectivity index (χ3n) is 4.54. The predicted octanol–water partition coefficient (Wildman–Crippen LogP) is 4.59. The molecule has 18 heavy (non-hydrogen) atoms. The summed E-state index contributed by atoms with van der Waals surface area (Å²) in [6, 6.07) is 0. The Labute approximate surface area is 120 Å². The van der Waals surface area contributed by atoms with E-state index in [0.29, 0.717) is 0 Å². The van der Waals surface area contributed by atoms with Crippen LogP contribution in [0.25, 0.3) is 0 Å². The van der Waals surface area contributed by atoms with Crippen molar-refractivity contribution in [3.05, 3.63) is 0 Å². The van der Waals surface area contributed by atoms with Crippen molar-refractivity contribution in [2.45, 2.75) is 41.5 Å². The molecule has 0 saturated heterocycles. The topological polar surface area (TPSA) is 40.5 Å². The van der Waals surface area contributed by atoms with Crippen molar-refractivity contribution >= 4 is 32.6 Å². The third-order valence-corrected chi connectivity index (χ3v) is 32.1. The first-order valence-electron chi connectivity index (χ1n) is 7.03. The molecule has 0 radical (unpaired) electrons. The van der Waals surface area contributed by atoms with E-state index >= 15 is 0 Å². The number of hydrogen-bond acceptors (Lipinski definition) is 1. The van der Waals surface area contributed by atoms with Crippen LogP contribution in [0.1, 0.15) is 41.5 Å². The maximum atomic E-state index is 10.7. The second kappa shape index (κ2) is 7.48. The summed E-state index contributed by atoms with van der Waals surface area (Å²) in [7, 11) is -0.210. The van der Waals surface area contributed by atoms with Crippen LogP contribution >= 0.6 is 22.5 Å². The van der Waals surface area contributed by atoms with Crippen LogP contribution in [-0.4, -0.2) is 45.9 Å². The van der Waals surface area contributed by atoms with Gasteiger partial charge in [-0.3, -0.25) is 0 Å². The maximum absolute atomic E-state index is 10.7. The summed E-state index contributed by atoms with van der Waals surface area (Å²) in [4.78, 5) is 21.3. The SMILES string of the molecule is CCS(CC)=P(O)(O)SP(CC)(CC)(CC)CC. The molecule has 0 bridgehead atoms. The number of rotatable bonds is 8. The van der Waals surface area contributed by atoms with E-state index in [1.54, 1.807) is 11.0 Å². The average Bonchev–Trinajstić information content (AvgIpc) is 2.38. The van der Waals surface area contributed by atoms with Crippen LogP contribution in [0.4, 0.5) is 0 Å². The van der Waals surface area contributed by atoms with Crippen molar-refractivity contribution in [1.29, 1.82) is 0 Å². The zero-order valence-corrected chi connectivity index (χ0v) is 16.3. The summed E-state index contributed by atoms with van der Waals surface area (Å²) in [6.45, 7) is 13.2. The Morgan fingerprint density at radius 3 is 1.39 bits per heavy atom. The minimum absolute atomic E-state index is 0.210. The van der Waals surface area contributed by atoms with Gasteiger partial charge in [-0.05, 0) is 0 Å². The first-order valence-corrected chi connectivity index (χ1v) is 15.9. The van der Waals surface area contributed by atoms with Crippen LogP contribution in [0.3, 0.4) is 0 Å². The summed E-state index contributed by atoms with van der Waals surface area (Å²) in [5.41, 5.74) is -2.80. The molecule has 2 nitrogen and oxygen atoms in total. The van der Waals surface area contributed by atoms with Crippen molar-refractivity contribution in [2.75, 3.05) is 36.2 Å². The molecule has 0 saturated carbocycles. The molecule has 0 fully saturated rings. The van der Waals surface area contributed by atoms with Gasteiger partial charge in [0.05, 0.1) is 0 Å². The Bertz CT molecular complexity index is 293. The van der Waals surface area contributed by atoms with Gasteiger partial charge in [0.2, 0.25) is 0 Å². The molecule has 6 heteroatoms. The molecule has 0 aliphatic rings. The van der Waals surface area contributed by atoms with Crippen molar-refractivity contribution in [3.8, 4) is 0 Å². The van der Waals surface area contributed by atoms with Gasteiger partial charge in [-0.1, -0.05) is 0 Å². The molecular weight excluding hydrogens is 302 g/mol. The molecule has 0 aromatic rings. The zero-order chi connectivity index (χ0) is 14.5. The monoisotopic (exact) mass is 334 g/mol. The van der Waals surface area contributed by atoms with Gasteiger partial charge in [0.25, 0.3) is 0 Å². The van der Waals surface area contributed by atoms with Gasteiger partial charge in [0, 0.05) is 0 Å². The molecule has 114 valence electrons. The Hall–Kier alpha value is 1.48. The fourth-order valence-corrected chi connectivity index (χ4v) is 32.8. The molecule has 0 aliphatic carbocycles. The standard InChI is InChI=1S/C12H32O2P2S2/c1-7-16(8-2,9-3,10-4)17-15(13,14)18(11-5)12-6/h13-14H,7-12H2,1-6H3. The van der Waals surface area contributed by atoms with Crippen LogP contribution in [-0.2, 0) is 10.1 Å². The summed E-state index contributed by atoms with van der Waals surface area (Å²) >= 11 is 1.66. The third kappa shape index (κ3) is 3.99. The Morgan fingerprint density at radius 2 is 1.17 bits per heavy atom. The summed E-state index contributed by atoms with van der Waals surface area (Å²) in [5, 5.41) is 0. The van der Waals surface area contributed by atoms with E-state index in [1.807, 2.05) is 0 Å². The molecule has 0 aromatic heterocycles. The van der Waals surface area contributed by atoms with E-state index < -0.39 is 11.5 Å². The van der Waals surface area contributed by atoms with Crippen molar-refractivity contribution in [3.63, 3.8) is 0 Å². The molecule has 0 unspecified atom stereocenters. The van der Waals surface area contributed by atoms with Gasteiger partial charge >= 0.3 is 120 Å². The second-order valence-corrected chi connectivity index (χ2v) is 24.6. The molecule has 0 rings (SSSR count). The fourth-order valence-electron chi connectivity index (χ4n) is 2.46. The van der Waals surface area contributed by atoms with Crippen LogP contribution < -0.4 is 0 Å². The molecule has 0 aromatic carbocycles. The van der Waals surface area contributed by atoms with Gasteiger partial charge < -0.3 is 0 Å². The van der Waals surface area contributed by atoms with Gasteiger partial charge in [-0.25, -0.2) is 0 Å². The van der Waals surface area contributed by atoms with E-state index in [1.165, 1.54) is 0 Å². The summed E-state index contributed by atoms with van der Waals surface area (Å²) in [6.07, 6.45) is 4.53. The Kier molecular flexibility index (Phi) is 8.09. The van der Waals surface area contributed by atoms with Gasteiger partial charge in [0.15, 0.2) is 0 Å². The summed E-state index contributed by atoms with van der Waals surface area (Å²) in [5.74, 6) is -0.177. The molecule has 0 atom stereocenters. The van der Waals surface area contributed by atoms with Crippen LogP contribution in [0.15, 0.2) is 0 Å². The van der Waals surface area contributed by atoms with E-state index in [9.17, 15) is 9.79 Å². The first kappa shape index (κ1) is 19.5. The van der Waals surface area contributed by atoms with Crippen molar-refractivity contribution < 1.29 is 9.79 Å². The van der Waals surface area contributed by atoms with Gasteiger partial charge in [0.1, 0.15) is 0 Å². The van der Waals surface area contributed by atoms with Crippen molar-refractivity contribution in [1.82, 2.24) is 0 Å². The number of hydrogen-bond donors (Lipinski definition) is 2. The molecule has 0 amide bonds. The Morgan fingerprint density at radius 1 is 0.833 bits per heavy atom. The first-order chi connectivity index (χ1) is 8.28. The van der Waals surface area contributed by atoms with Crippen molar-refractivity contribution in [2.24, 2.45) is 0 Å². The van der Waals surface area contributed by atoms with Crippen LogP contribution in [0, 0.1) is 0 Å². The molecule has 0 aliphatic heterocycles. The minimum atomic E-state index is -2.80. The predicted molar refractivity (Wildman–Crippen MR) is 96.5 cm³/mol. The quantitative estimate of drug-likeness (QED) is 0.638. The van der Waals surface area contributed by atoms with E-state index in [4.69, 9.17) is 0 Å². The molecule has 0 spiro atoms. The van der Waals surface area contributed by atoms with Crippen LogP contribution in [0.5, 0.6) is 0 Å². The molecular formula is C12H32O2P2S2. The fraction of sp³-hybridized carbons (Fsp3) is 1.00.